The summed E-state index contributed by atoms with van der Waals surface area (Å²) >= 11 is 1.44. The fraction of sp³-hybridized carbons (Fsp3) is 0.0952. The minimum absolute atomic E-state index is 0.313. The highest BCUT2D eigenvalue weighted by molar-refractivity contribution is 7.21. The molecule has 0 fully saturated rings. The molecule has 0 saturated carbocycles. The van der Waals surface area contributed by atoms with Crippen molar-refractivity contribution in [1.82, 2.24) is 9.55 Å². The maximum atomic E-state index is 13.0. The number of fused-ring (bicyclic) bond motifs is 1. The summed E-state index contributed by atoms with van der Waals surface area (Å²) < 4.78 is 1.26. The third-order valence-corrected chi connectivity index (χ3v) is 5.36. The monoisotopic (exact) mass is 376 g/mol. The van der Waals surface area contributed by atoms with Gasteiger partial charge in [0.25, 0.3) is 5.56 Å². The van der Waals surface area contributed by atoms with Gasteiger partial charge in [-0.25, -0.2) is 4.98 Å². The molecule has 27 heavy (non-hydrogen) atoms. The van der Waals surface area contributed by atoms with E-state index in [0.29, 0.717) is 22.5 Å². The standard InChI is InChI=1S/C21H16N2O3S/c24-19(25)13-23-18(11-14-7-3-1-4-8-14)22-20-16(21(23)26)12-17(27-20)15-9-5-2-6-10-15/h1-10,12H,11,13H2,(H,24,25). The van der Waals surface area contributed by atoms with Crippen LogP contribution in [0.4, 0.5) is 0 Å². The molecule has 0 bridgehead atoms. The van der Waals surface area contributed by atoms with Gasteiger partial charge in [0.15, 0.2) is 0 Å². The van der Waals surface area contributed by atoms with Crippen LogP contribution in [0.15, 0.2) is 71.5 Å². The van der Waals surface area contributed by atoms with E-state index in [2.05, 4.69) is 4.98 Å². The van der Waals surface area contributed by atoms with E-state index in [-0.39, 0.29) is 5.56 Å². The normalized spacial score (nSPS) is 11.0. The van der Waals surface area contributed by atoms with E-state index in [9.17, 15) is 14.7 Å². The minimum atomic E-state index is -1.06. The number of carbonyl (C=O) groups is 1. The van der Waals surface area contributed by atoms with Gasteiger partial charge >= 0.3 is 5.97 Å². The lowest BCUT2D eigenvalue weighted by Crippen LogP contribution is -2.28. The predicted molar refractivity (Wildman–Crippen MR) is 106 cm³/mol. The molecular formula is C21H16N2O3S. The second kappa shape index (κ2) is 7.17. The highest BCUT2D eigenvalue weighted by Gasteiger charge is 2.17. The van der Waals surface area contributed by atoms with Gasteiger partial charge in [0.2, 0.25) is 0 Å². The van der Waals surface area contributed by atoms with Crippen molar-refractivity contribution in [2.45, 2.75) is 13.0 Å². The molecule has 0 radical (unpaired) electrons. The Kier molecular flexibility index (Phi) is 4.56. The van der Waals surface area contributed by atoms with Crippen molar-refractivity contribution >= 4 is 27.5 Å². The zero-order valence-corrected chi connectivity index (χ0v) is 15.1. The molecule has 4 aromatic rings. The fourth-order valence-corrected chi connectivity index (χ4v) is 4.06. The number of hydrogen-bond donors (Lipinski definition) is 1. The largest absolute Gasteiger partial charge is 0.480 e. The summed E-state index contributed by atoms with van der Waals surface area (Å²) in [4.78, 5) is 30.5. The number of rotatable bonds is 5. The Balaban J connectivity index is 1.88. The molecule has 1 N–H and O–H groups in total. The molecule has 0 spiro atoms. The molecule has 0 aliphatic heterocycles. The highest BCUT2D eigenvalue weighted by Crippen LogP contribution is 2.31. The maximum absolute atomic E-state index is 13.0. The average Bonchev–Trinajstić information content (AvgIpc) is 3.11. The van der Waals surface area contributed by atoms with Crippen molar-refractivity contribution in [3.63, 3.8) is 0 Å². The first-order valence-corrected chi connectivity index (χ1v) is 9.28. The Bertz CT molecular complexity index is 1160. The lowest BCUT2D eigenvalue weighted by atomic mass is 10.1. The van der Waals surface area contributed by atoms with Gasteiger partial charge in [-0.15, -0.1) is 11.3 Å². The van der Waals surface area contributed by atoms with Gasteiger partial charge in [0, 0.05) is 11.3 Å². The Labute approximate surface area is 159 Å². The fourth-order valence-electron chi connectivity index (χ4n) is 3.01. The van der Waals surface area contributed by atoms with Crippen LogP contribution < -0.4 is 5.56 Å². The van der Waals surface area contributed by atoms with Crippen LogP contribution in [0.25, 0.3) is 20.7 Å². The number of aliphatic carboxylic acids is 1. The van der Waals surface area contributed by atoms with E-state index >= 15 is 0 Å². The summed E-state index contributed by atoms with van der Waals surface area (Å²) in [7, 11) is 0. The summed E-state index contributed by atoms with van der Waals surface area (Å²) in [6.45, 7) is -0.402. The van der Waals surface area contributed by atoms with Crippen LogP contribution in [0.2, 0.25) is 0 Å². The van der Waals surface area contributed by atoms with Gasteiger partial charge < -0.3 is 5.11 Å². The SMILES string of the molecule is O=C(O)Cn1c(Cc2ccccc2)nc2sc(-c3ccccc3)cc2c1=O. The van der Waals surface area contributed by atoms with E-state index in [4.69, 9.17) is 0 Å². The first-order chi connectivity index (χ1) is 13.1. The van der Waals surface area contributed by atoms with Crippen LogP contribution >= 0.6 is 11.3 Å². The van der Waals surface area contributed by atoms with Crippen LogP contribution in [0.3, 0.4) is 0 Å². The predicted octanol–water partition coefficient (Wildman–Crippen LogP) is 3.80. The van der Waals surface area contributed by atoms with Crippen molar-refractivity contribution < 1.29 is 9.90 Å². The zero-order chi connectivity index (χ0) is 18.8. The van der Waals surface area contributed by atoms with Crippen LogP contribution in [0.5, 0.6) is 0 Å². The third kappa shape index (κ3) is 3.52. The molecule has 0 unspecified atom stereocenters. The average molecular weight is 376 g/mol. The Morgan fingerprint density at radius 3 is 2.37 bits per heavy atom. The number of thiophene rings is 1. The quantitative estimate of drug-likeness (QED) is 0.575. The van der Waals surface area contributed by atoms with Gasteiger partial charge in [-0.3, -0.25) is 14.2 Å². The Hall–Kier alpha value is -3.25. The molecule has 2 heterocycles. The van der Waals surface area contributed by atoms with Gasteiger partial charge in [0.05, 0.1) is 5.39 Å². The summed E-state index contributed by atoms with van der Waals surface area (Å²) in [5.41, 5.74) is 1.67. The number of aromatic nitrogens is 2. The maximum Gasteiger partial charge on any atom is 0.323 e. The van der Waals surface area contributed by atoms with E-state index in [1.807, 2.05) is 60.7 Å². The van der Waals surface area contributed by atoms with Gasteiger partial charge in [-0.05, 0) is 17.2 Å². The first kappa shape index (κ1) is 17.2. The molecule has 2 aromatic carbocycles. The lowest BCUT2D eigenvalue weighted by Gasteiger charge is -2.10. The van der Waals surface area contributed by atoms with E-state index in [1.54, 1.807) is 6.07 Å². The van der Waals surface area contributed by atoms with Crippen molar-refractivity contribution in [3.8, 4) is 10.4 Å². The summed E-state index contributed by atoms with van der Waals surface area (Å²) in [6.07, 6.45) is 0.401. The first-order valence-electron chi connectivity index (χ1n) is 8.46. The number of nitrogens with zero attached hydrogens (tertiary/aromatic N) is 2. The number of carboxylic acid groups (broad SMARTS) is 1. The van der Waals surface area contributed by atoms with Crippen molar-refractivity contribution in [2.75, 3.05) is 0 Å². The lowest BCUT2D eigenvalue weighted by molar-refractivity contribution is -0.137. The van der Waals surface area contributed by atoms with Crippen LogP contribution in [0.1, 0.15) is 11.4 Å². The molecule has 6 heteroatoms. The molecule has 134 valence electrons. The highest BCUT2D eigenvalue weighted by atomic mass is 32.1. The second-order valence-corrected chi connectivity index (χ2v) is 7.20. The molecule has 2 aromatic heterocycles. The summed E-state index contributed by atoms with van der Waals surface area (Å²) in [5.74, 6) is -0.603. The van der Waals surface area contributed by atoms with E-state index in [1.165, 1.54) is 15.9 Å². The molecule has 0 aliphatic rings. The Morgan fingerprint density at radius 2 is 1.70 bits per heavy atom. The number of benzene rings is 2. The molecule has 0 aliphatic carbocycles. The third-order valence-electron chi connectivity index (χ3n) is 4.29. The molecule has 0 amide bonds. The van der Waals surface area contributed by atoms with Gasteiger partial charge in [-0.2, -0.15) is 0 Å². The van der Waals surface area contributed by atoms with E-state index < -0.39 is 12.5 Å². The molecule has 4 rings (SSSR count). The summed E-state index contributed by atoms with van der Waals surface area (Å²) in [6, 6.07) is 21.2. The van der Waals surface area contributed by atoms with Crippen molar-refractivity contribution in [2.24, 2.45) is 0 Å². The summed E-state index contributed by atoms with van der Waals surface area (Å²) in [5, 5.41) is 9.71. The molecular weight excluding hydrogens is 360 g/mol. The number of carboxylic acids is 1. The molecule has 0 atom stereocenters. The van der Waals surface area contributed by atoms with Crippen LogP contribution in [0, 0.1) is 0 Å². The molecule has 0 saturated heterocycles. The topological polar surface area (TPSA) is 72.2 Å². The zero-order valence-electron chi connectivity index (χ0n) is 14.3. The molecule has 5 nitrogen and oxygen atoms in total. The Morgan fingerprint density at radius 1 is 1.04 bits per heavy atom. The number of hydrogen-bond acceptors (Lipinski definition) is 4. The van der Waals surface area contributed by atoms with Crippen molar-refractivity contribution in [1.29, 1.82) is 0 Å². The van der Waals surface area contributed by atoms with Gasteiger partial charge in [-0.1, -0.05) is 60.7 Å². The van der Waals surface area contributed by atoms with E-state index in [0.717, 1.165) is 16.0 Å². The second-order valence-electron chi connectivity index (χ2n) is 6.17. The van der Waals surface area contributed by atoms with Gasteiger partial charge in [0.1, 0.15) is 17.2 Å². The smallest absolute Gasteiger partial charge is 0.323 e. The van der Waals surface area contributed by atoms with Crippen LogP contribution in [-0.2, 0) is 17.8 Å². The van der Waals surface area contributed by atoms with Crippen LogP contribution in [-0.4, -0.2) is 20.6 Å². The van der Waals surface area contributed by atoms with Crippen molar-refractivity contribution in [3.05, 3.63) is 88.5 Å². The minimum Gasteiger partial charge on any atom is -0.480 e.